The monoisotopic (exact) mass is 151 g/mol. The van der Waals surface area contributed by atoms with Crippen molar-refractivity contribution >= 4 is 0 Å². The average Bonchev–Trinajstić information content (AvgIpc) is 2.36. The highest BCUT2D eigenvalue weighted by Crippen LogP contribution is 2.08. The first-order chi connectivity index (χ1) is 5.45. The second-order valence-corrected chi connectivity index (χ2v) is 3.11. The van der Waals surface area contributed by atoms with E-state index in [2.05, 4.69) is 14.9 Å². The Kier molecular flexibility index (Phi) is 1.90. The molecule has 3 heteroatoms. The van der Waals surface area contributed by atoms with E-state index < -0.39 is 0 Å². The summed E-state index contributed by atoms with van der Waals surface area (Å²) >= 11 is 0. The molecule has 1 aromatic rings. The molecule has 60 valence electrons. The van der Waals surface area contributed by atoms with E-state index >= 15 is 0 Å². The topological polar surface area (TPSA) is 29.9 Å². The van der Waals surface area contributed by atoms with Crippen LogP contribution >= 0.6 is 0 Å². The molecule has 0 aromatic carbocycles. The molecular weight excluding hydrogens is 138 g/mol. The van der Waals surface area contributed by atoms with Crippen LogP contribution in [0.5, 0.6) is 0 Å². The molecular formula is C8H13N3. The van der Waals surface area contributed by atoms with Gasteiger partial charge in [0, 0.05) is 18.9 Å². The average molecular weight is 151 g/mol. The summed E-state index contributed by atoms with van der Waals surface area (Å²) < 4.78 is 2.14. The zero-order valence-electron chi connectivity index (χ0n) is 6.53. The quantitative estimate of drug-likeness (QED) is 0.681. The fourth-order valence-electron chi connectivity index (χ4n) is 1.30. The summed E-state index contributed by atoms with van der Waals surface area (Å²) in [5.41, 5.74) is 0. The number of imidazole rings is 1. The summed E-state index contributed by atoms with van der Waals surface area (Å²) in [7, 11) is 0. The Bertz CT molecular complexity index is 201. The Balaban J connectivity index is 1.74. The molecule has 0 amide bonds. The Morgan fingerprint density at radius 3 is 3.00 bits per heavy atom. The van der Waals surface area contributed by atoms with Crippen LogP contribution in [0.25, 0.3) is 0 Å². The Labute approximate surface area is 66.4 Å². The van der Waals surface area contributed by atoms with Gasteiger partial charge in [0.05, 0.1) is 6.33 Å². The third kappa shape index (κ3) is 1.60. The maximum Gasteiger partial charge on any atom is 0.0945 e. The van der Waals surface area contributed by atoms with Gasteiger partial charge in [0.1, 0.15) is 0 Å². The molecule has 0 unspecified atom stereocenters. The van der Waals surface area contributed by atoms with Gasteiger partial charge in [-0.3, -0.25) is 0 Å². The summed E-state index contributed by atoms with van der Waals surface area (Å²) in [6, 6.07) is 0. The number of hydrogen-bond donors (Lipinski definition) is 1. The molecule has 2 heterocycles. The van der Waals surface area contributed by atoms with E-state index in [1.54, 1.807) is 0 Å². The van der Waals surface area contributed by atoms with Crippen LogP contribution in [0.2, 0.25) is 0 Å². The molecule has 1 saturated heterocycles. The maximum atomic E-state index is 3.99. The van der Waals surface area contributed by atoms with Gasteiger partial charge in [0.25, 0.3) is 0 Å². The lowest BCUT2D eigenvalue weighted by Gasteiger charge is -2.26. The van der Waals surface area contributed by atoms with Gasteiger partial charge in [-0.15, -0.1) is 0 Å². The van der Waals surface area contributed by atoms with E-state index in [9.17, 15) is 0 Å². The molecule has 1 aromatic heterocycles. The summed E-state index contributed by atoms with van der Waals surface area (Å²) in [6.07, 6.45) is 7.01. The molecule has 0 spiro atoms. The molecule has 1 fully saturated rings. The van der Waals surface area contributed by atoms with Crippen LogP contribution in [0.3, 0.4) is 0 Å². The van der Waals surface area contributed by atoms with Crippen LogP contribution < -0.4 is 5.32 Å². The van der Waals surface area contributed by atoms with Crippen molar-refractivity contribution in [2.45, 2.75) is 13.0 Å². The molecule has 1 N–H and O–H groups in total. The molecule has 3 nitrogen and oxygen atoms in total. The Morgan fingerprint density at radius 1 is 1.55 bits per heavy atom. The molecule has 11 heavy (non-hydrogen) atoms. The lowest BCUT2D eigenvalue weighted by Crippen LogP contribution is -2.42. The molecule has 0 saturated carbocycles. The second-order valence-electron chi connectivity index (χ2n) is 3.11. The normalized spacial score (nSPS) is 18.2. The lowest BCUT2D eigenvalue weighted by atomic mass is 10.00. The minimum atomic E-state index is 0.900. The number of rotatable bonds is 3. The number of aryl methyl sites for hydroxylation is 1. The van der Waals surface area contributed by atoms with Crippen molar-refractivity contribution in [2.75, 3.05) is 13.1 Å². The third-order valence-corrected chi connectivity index (χ3v) is 2.22. The first-order valence-electron chi connectivity index (χ1n) is 4.11. The van der Waals surface area contributed by atoms with Gasteiger partial charge >= 0.3 is 0 Å². The van der Waals surface area contributed by atoms with Crippen LogP contribution in [-0.2, 0) is 6.54 Å². The van der Waals surface area contributed by atoms with Crippen LogP contribution in [0, 0.1) is 5.92 Å². The van der Waals surface area contributed by atoms with E-state index in [0.29, 0.717) is 0 Å². The Hall–Kier alpha value is -0.830. The van der Waals surface area contributed by atoms with Crippen LogP contribution in [0.4, 0.5) is 0 Å². The highest BCUT2D eigenvalue weighted by Gasteiger charge is 2.15. The minimum Gasteiger partial charge on any atom is -0.337 e. The van der Waals surface area contributed by atoms with E-state index in [4.69, 9.17) is 0 Å². The molecule has 1 aliphatic heterocycles. The highest BCUT2D eigenvalue weighted by molar-refractivity contribution is 4.78. The smallest absolute Gasteiger partial charge is 0.0945 e. The summed E-state index contributed by atoms with van der Waals surface area (Å²) in [4.78, 5) is 3.99. The summed E-state index contributed by atoms with van der Waals surface area (Å²) in [5.74, 6) is 0.900. The summed E-state index contributed by atoms with van der Waals surface area (Å²) in [6.45, 7) is 3.52. The predicted octanol–water partition coefficient (Wildman–Crippen LogP) is 0.493. The van der Waals surface area contributed by atoms with Gasteiger partial charge in [0.15, 0.2) is 0 Å². The van der Waals surface area contributed by atoms with E-state index in [0.717, 1.165) is 12.5 Å². The van der Waals surface area contributed by atoms with Gasteiger partial charge in [-0.05, 0) is 25.4 Å². The van der Waals surface area contributed by atoms with Gasteiger partial charge < -0.3 is 9.88 Å². The second kappa shape index (κ2) is 3.05. The summed E-state index contributed by atoms with van der Waals surface area (Å²) in [5, 5.41) is 3.27. The zero-order valence-corrected chi connectivity index (χ0v) is 6.53. The van der Waals surface area contributed by atoms with E-state index in [1.807, 2.05) is 18.7 Å². The van der Waals surface area contributed by atoms with Gasteiger partial charge in [-0.2, -0.15) is 0 Å². The van der Waals surface area contributed by atoms with Gasteiger partial charge in [-0.25, -0.2) is 4.98 Å². The number of aromatic nitrogens is 2. The first kappa shape index (κ1) is 6.85. The van der Waals surface area contributed by atoms with Gasteiger partial charge in [0.2, 0.25) is 0 Å². The number of nitrogens with one attached hydrogen (secondary N) is 1. The molecule has 0 atom stereocenters. The largest absolute Gasteiger partial charge is 0.337 e. The van der Waals surface area contributed by atoms with Crippen molar-refractivity contribution in [2.24, 2.45) is 5.92 Å². The maximum absolute atomic E-state index is 3.99. The van der Waals surface area contributed by atoms with Crippen molar-refractivity contribution in [3.63, 3.8) is 0 Å². The molecule has 0 aliphatic carbocycles. The molecule has 2 rings (SSSR count). The van der Waals surface area contributed by atoms with Crippen molar-refractivity contribution < 1.29 is 0 Å². The van der Waals surface area contributed by atoms with Crippen molar-refractivity contribution in [1.82, 2.24) is 14.9 Å². The van der Waals surface area contributed by atoms with Crippen LogP contribution in [0.1, 0.15) is 6.42 Å². The minimum absolute atomic E-state index is 0.900. The fraction of sp³-hybridized carbons (Fsp3) is 0.625. The number of hydrogen-bond acceptors (Lipinski definition) is 2. The van der Waals surface area contributed by atoms with Gasteiger partial charge in [-0.1, -0.05) is 0 Å². The first-order valence-corrected chi connectivity index (χ1v) is 4.11. The fourth-order valence-corrected chi connectivity index (χ4v) is 1.30. The van der Waals surface area contributed by atoms with Crippen LogP contribution in [-0.4, -0.2) is 22.6 Å². The van der Waals surface area contributed by atoms with Crippen molar-refractivity contribution in [3.05, 3.63) is 18.7 Å². The standard InChI is InChI=1S/C8H13N3/c1(8-5-10-6-8)3-11-4-2-9-7-11/h2,4,7-8,10H,1,3,5-6H2. The number of nitrogens with zero attached hydrogens (tertiary/aromatic N) is 2. The SMILES string of the molecule is c1cn(CCC2CNC2)cn1. The zero-order chi connectivity index (χ0) is 7.52. The van der Waals surface area contributed by atoms with E-state index in [1.165, 1.54) is 19.5 Å². The lowest BCUT2D eigenvalue weighted by molar-refractivity contribution is 0.312. The molecule has 0 radical (unpaired) electrons. The highest BCUT2D eigenvalue weighted by atomic mass is 15.0. The molecule has 1 aliphatic rings. The Morgan fingerprint density at radius 2 is 2.45 bits per heavy atom. The van der Waals surface area contributed by atoms with Crippen molar-refractivity contribution in [1.29, 1.82) is 0 Å². The van der Waals surface area contributed by atoms with Crippen molar-refractivity contribution in [3.8, 4) is 0 Å². The van der Waals surface area contributed by atoms with E-state index in [-0.39, 0.29) is 0 Å². The van der Waals surface area contributed by atoms with Crippen LogP contribution in [0.15, 0.2) is 18.7 Å². The molecule has 0 bridgehead atoms. The predicted molar refractivity (Wildman–Crippen MR) is 43.2 cm³/mol. The third-order valence-electron chi connectivity index (χ3n) is 2.22.